The van der Waals surface area contributed by atoms with Gasteiger partial charge in [0.2, 0.25) is 0 Å². The second kappa shape index (κ2) is 9.65. The smallest absolute Gasteiger partial charge is 0.148 e. The van der Waals surface area contributed by atoms with Crippen LogP contribution >= 0.6 is 0 Å². The van der Waals surface area contributed by atoms with E-state index >= 15 is 0 Å². The third kappa shape index (κ3) is 6.41. The fraction of sp³-hybridized carbons (Fsp3) is 0.455. The number of sulfone groups is 1. The largest absolute Gasteiger partial charge is 0.376 e. The quantitative estimate of drug-likeness (QED) is 0.734. The van der Waals surface area contributed by atoms with Gasteiger partial charge in [-0.3, -0.25) is 0 Å². The molecule has 152 valence electrons. The van der Waals surface area contributed by atoms with Crippen LogP contribution in [0.15, 0.2) is 54.6 Å². The minimum Gasteiger partial charge on any atom is -0.376 e. The predicted molar refractivity (Wildman–Crippen MR) is 111 cm³/mol. The van der Waals surface area contributed by atoms with Gasteiger partial charge in [-0.25, -0.2) is 8.42 Å². The summed E-state index contributed by atoms with van der Waals surface area (Å²) in [6, 6.07) is 18.3. The molecule has 3 rings (SSSR count). The number of hydrogen-bond acceptors (Lipinski definition) is 5. The normalized spacial score (nSPS) is 21.4. The van der Waals surface area contributed by atoms with Crippen LogP contribution in [0, 0.1) is 0 Å². The molecule has 0 aliphatic carbocycles. The molecule has 0 bridgehead atoms. The minimum atomic E-state index is -2.97. The van der Waals surface area contributed by atoms with Crippen LogP contribution in [0.2, 0.25) is 0 Å². The maximum absolute atomic E-state index is 11.5. The summed E-state index contributed by atoms with van der Waals surface area (Å²) in [6.07, 6.45) is 1.28. The van der Waals surface area contributed by atoms with Gasteiger partial charge in [-0.1, -0.05) is 61.5 Å². The molecule has 1 aliphatic rings. The third-order valence-electron chi connectivity index (χ3n) is 4.90. The molecule has 28 heavy (non-hydrogen) atoms. The molecule has 1 saturated heterocycles. The Bertz CT molecular complexity index is 837. The highest BCUT2D eigenvalue weighted by atomic mass is 32.2. The Morgan fingerprint density at radius 2 is 1.79 bits per heavy atom. The standard InChI is InChI=1S/C22H29NO4S/c1-17(16-28(2,24)25)19-10-8-18(9-11-19)12-23-13-21-14-26-15-22(27-21)20-6-4-3-5-7-20/h3-11,17,21-23H,12-16H2,1-2H3/t17-,21?,22?/m0/s1. The van der Waals surface area contributed by atoms with E-state index in [-0.39, 0.29) is 23.9 Å². The topological polar surface area (TPSA) is 64.6 Å². The molecule has 1 aliphatic heterocycles. The van der Waals surface area contributed by atoms with Crippen LogP contribution < -0.4 is 5.32 Å². The first-order valence-electron chi connectivity index (χ1n) is 9.66. The summed E-state index contributed by atoms with van der Waals surface area (Å²) in [5.74, 6) is 0.173. The van der Waals surface area contributed by atoms with Crippen molar-refractivity contribution in [2.24, 2.45) is 0 Å². The van der Waals surface area contributed by atoms with Crippen molar-refractivity contribution in [1.29, 1.82) is 0 Å². The minimum absolute atomic E-state index is 0.000262. The zero-order chi connectivity index (χ0) is 20.0. The van der Waals surface area contributed by atoms with Gasteiger partial charge in [0.15, 0.2) is 0 Å². The van der Waals surface area contributed by atoms with Crippen molar-refractivity contribution in [2.75, 3.05) is 31.8 Å². The summed E-state index contributed by atoms with van der Waals surface area (Å²) in [5, 5.41) is 3.43. The van der Waals surface area contributed by atoms with Gasteiger partial charge in [-0.05, 0) is 22.6 Å². The maximum Gasteiger partial charge on any atom is 0.148 e. The van der Waals surface area contributed by atoms with Gasteiger partial charge >= 0.3 is 0 Å². The maximum atomic E-state index is 11.5. The van der Waals surface area contributed by atoms with E-state index in [0.717, 1.165) is 29.8 Å². The van der Waals surface area contributed by atoms with Crippen molar-refractivity contribution in [3.63, 3.8) is 0 Å². The van der Waals surface area contributed by atoms with Crippen molar-refractivity contribution in [2.45, 2.75) is 31.6 Å². The lowest BCUT2D eigenvalue weighted by Crippen LogP contribution is -2.38. The molecule has 2 aromatic rings. The van der Waals surface area contributed by atoms with Crippen molar-refractivity contribution in [3.05, 3.63) is 71.3 Å². The molecule has 0 spiro atoms. The van der Waals surface area contributed by atoms with E-state index in [4.69, 9.17) is 9.47 Å². The molecular formula is C22H29NO4S. The molecule has 1 heterocycles. The SMILES string of the molecule is C[C@@H](CS(C)(=O)=O)c1ccc(CNCC2COCC(c3ccccc3)O2)cc1. The number of ether oxygens (including phenoxy) is 2. The highest BCUT2D eigenvalue weighted by Gasteiger charge is 2.23. The summed E-state index contributed by atoms with van der Waals surface area (Å²) in [5.41, 5.74) is 3.35. The van der Waals surface area contributed by atoms with Crippen LogP contribution in [-0.2, 0) is 25.9 Å². The Balaban J connectivity index is 1.46. The molecule has 2 unspecified atom stereocenters. The zero-order valence-electron chi connectivity index (χ0n) is 16.5. The van der Waals surface area contributed by atoms with Gasteiger partial charge in [-0.2, -0.15) is 0 Å². The van der Waals surface area contributed by atoms with Crippen LogP contribution in [0.25, 0.3) is 0 Å². The van der Waals surface area contributed by atoms with E-state index in [1.54, 1.807) is 0 Å². The van der Waals surface area contributed by atoms with Gasteiger partial charge in [0.05, 0.1) is 25.1 Å². The number of hydrogen-bond donors (Lipinski definition) is 1. The summed E-state index contributed by atoms with van der Waals surface area (Å²) < 4.78 is 34.8. The van der Waals surface area contributed by atoms with Gasteiger partial charge in [0.25, 0.3) is 0 Å². The third-order valence-corrected chi connectivity index (χ3v) is 6.01. The fourth-order valence-electron chi connectivity index (χ4n) is 3.46. The van der Waals surface area contributed by atoms with E-state index in [0.29, 0.717) is 13.2 Å². The van der Waals surface area contributed by atoms with E-state index in [9.17, 15) is 8.42 Å². The Labute approximate surface area is 168 Å². The van der Waals surface area contributed by atoms with E-state index < -0.39 is 9.84 Å². The molecule has 6 heteroatoms. The second-order valence-electron chi connectivity index (χ2n) is 7.56. The first-order chi connectivity index (χ1) is 13.4. The Hall–Kier alpha value is -1.73. The summed E-state index contributed by atoms with van der Waals surface area (Å²) in [7, 11) is -2.97. The second-order valence-corrected chi connectivity index (χ2v) is 9.75. The highest BCUT2D eigenvalue weighted by molar-refractivity contribution is 7.90. The van der Waals surface area contributed by atoms with Gasteiger partial charge in [-0.15, -0.1) is 0 Å². The molecule has 1 fully saturated rings. The summed E-state index contributed by atoms with van der Waals surface area (Å²) >= 11 is 0. The van der Waals surface area contributed by atoms with Crippen LogP contribution in [-0.4, -0.2) is 46.3 Å². The Morgan fingerprint density at radius 1 is 1.07 bits per heavy atom. The lowest BCUT2D eigenvalue weighted by Gasteiger charge is -2.30. The van der Waals surface area contributed by atoms with Gasteiger partial charge in [0.1, 0.15) is 15.9 Å². The first-order valence-corrected chi connectivity index (χ1v) is 11.7. The molecule has 0 saturated carbocycles. The molecule has 3 atom stereocenters. The van der Waals surface area contributed by atoms with Crippen LogP contribution in [0.1, 0.15) is 35.6 Å². The molecule has 0 amide bonds. The Kier molecular flexibility index (Phi) is 7.24. The monoisotopic (exact) mass is 403 g/mol. The van der Waals surface area contributed by atoms with Crippen molar-refractivity contribution < 1.29 is 17.9 Å². The Morgan fingerprint density at radius 3 is 2.46 bits per heavy atom. The average Bonchev–Trinajstić information content (AvgIpc) is 2.68. The highest BCUT2D eigenvalue weighted by Crippen LogP contribution is 2.23. The van der Waals surface area contributed by atoms with Crippen LogP contribution in [0.5, 0.6) is 0 Å². The molecular weight excluding hydrogens is 374 g/mol. The molecule has 1 N–H and O–H groups in total. The average molecular weight is 404 g/mol. The van der Waals surface area contributed by atoms with Crippen molar-refractivity contribution in [3.8, 4) is 0 Å². The van der Waals surface area contributed by atoms with Crippen molar-refractivity contribution >= 4 is 9.84 Å². The number of benzene rings is 2. The molecule has 5 nitrogen and oxygen atoms in total. The summed E-state index contributed by atoms with van der Waals surface area (Å²) in [6.45, 7) is 4.58. The number of rotatable bonds is 8. The lowest BCUT2D eigenvalue weighted by atomic mass is 10.0. The number of nitrogens with one attached hydrogen (secondary N) is 1. The molecule has 0 radical (unpaired) electrons. The lowest BCUT2D eigenvalue weighted by molar-refractivity contribution is -0.138. The zero-order valence-corrected chi connectivity index (χ0v) is 17.3. The van der Waals surface area contributed by atoms with Gasteiger partial charge < -0.3 is 14.8 Å². The van der Waals surface area contributed by atoms with E-state index in [1.165, 1.54) is 6.26 Å². The molecule has 0 aromatic heterocycles. The van der Waals surface area contributed by atoms with E-state index in [1.807, 2.05) is 49.4 Å². The van der Waals surface area contributed by atoms with E-state index in [2.05, 4.69) is 17.4 Å². The molecule has 2 aromatic carbocycles. The summed E-state index contributed by atoms with van der Waals surface area (Å²) in [4.78, 5) is 0. The predicted octanol–water partition coefficient (Wildman–Crippen LogP) is 3.08. The van der Waals surface area contributed by atoms with Crippen molar-refractivity contribution in [1.82, 2.24) is 5.32 Å². The van der Waals surface area contributed by atoms with Crippen LogP contribution in [0.3, 0.4) is 0 Å². The van der Waals surface area contributed by atoms with Crippen LogP contribution in [0.4, 0.5) is 0 Å². The fourth-order valence-corrected chi connectivity index (χ4v) is 4.56. The first kappa shape index (κ1) is 21.0. The van der Waals surface area contributed by atoms with Gasteiger partial charge in [0, 0.05) is 19.3 Å².